The molecule has 0 radical (unpaired) electrons. The summed E-state index contributed by atoms with van der Waals surface area (Å²) < 4.78 is 13.9. The third-order valence-electron chi connectivity index (χ3n) is 11.7. The summed E-state index contributed by atoms with van der Waals surface area (Å²) in [4.78, 5) is 28.7. The smallest absolute Gasteiger partial charge is 0.455 e. The van der Waals surface area contributed by atoms with Crippen molar-refractivity contribution in [3.63, 3.8) is 0 Å². The van der Waals surface area contributed by atoms with Crippen LogP contribution in [0.15, 0.2) is 126 Å². The van der Waals surface area contributed by atoms with Gasteiger partial charge in [0.15, 0.2) is 11.6 Å². The summed E-state index contributed by atoms with van der Waals surface area (Å²) in [6.45, 7) is 9.17. The zero-order valence-electron chi connectivity index (χ0n) is 31.1. The van der Waals surface area contributed by atoms with Crippen molar-refractivity contribution < 1.29 is 28.8 Å². The van der Waals surface area contributed by atoms with Crippen molar-refractivity contribution in [3.05, 3.63) is 143 Å². The summed E-state index contributed by atoms with van der Waals surface area (Å²) in [6, 6.07) is 35.5. The number of fused-ring (bicyclic) bond motifs is 4. The van der Waals surface area contributed by atoms with Gasteiger partial charge in [-0.1, -0.05) is 136 Å². The van der Waals surface area contributed by atoms with Crippen LogP contribution in [0, 0.1) is 17.8 Å². The normalized spacial score (nSPS) is 22.0. The molecule has 1 saturated heterocycles. The van der Waals surface area contributed by atoms with E-state index < -0.39 is 33.4 Å². The molecule has 1 heterocycles. The van der Waals surface area contributed by atoms with Crippen LogP contribution in [0.4, 0.5) is 0 Å². The second kappa shape index (κ2) is 15.2. The molecule has 4 atom stereocenters. The summed E-state index contributed by atoms with van der Waals surface area (Å²) in [6.07, 6.45) is 4.41. The van der Waals surface area contributed by atoms with Gasteiger partial charge >= 0.3 is 7.12 Å². The maximum Gasteiger partial charge on any atom is 0.455 e. The van der Waals surface area contributed by atoms with E-state index in [0.29, 0.717) is 37.0 Å². The fraction of sp³-hybridized carbons (Fsp3) is 0.333. The maximum absolute atomic E-state index is 14.4. The van der Waals surface area contributed by atoms with Crippen molar-refractivity contribution in [1.29, 1.82) is 0 Å². The molecule has 0 amide bonds. The Morgan fingerprint density at radius 1 is 0.868 bits per heavy atom. The predicted molar refractivity (Wildman–Crippen MR) is 214 cm³/mol. The molecule has 53 heavy (non-hydrogen) atoms. The quantitative estimate of drug-likeness (QED) is 0.127. The minimum Gasteiger partial charge on any atom is -0.508 e. The molecule has 1 aliphatic heterocycles. The summed E-state index contributed by atoms with van der Waals surface area (Å²) >= 11 is 0. The molecular formula is C45H49BO6Si. The Balaban J connectivity index is 1.33. The van der Waals surface area contributed by atoms with Crippen molar-refractivity contribution >= 4 is 43.5 Å². The van der Waals surface area contributed by atoms with Crippen LogP contribution in [-0.2, 0) is 9.08 Å². The van der Waals surface area contributed by atoms with Crippen LogP contribution in [0.1, 0.15) is 79.7 Å². The molecular weight excluding hydrogens is 675 g/mol. The van der Waals surface area contributed by atoms with Gasteiger partial charge in [0.25, 0.3) is 8.32 Å². The number of phenols is 1. The van der Waals surface area contributed by atoms with Gasteiger partial charge in [0.2, 0.25) is 0 Å². The number of aromatic hydroxyl groups is 1. The number of phenolic OH excluding ortho intramolecular Hbond substituents is 1. The molecule has 7 rings (SSSR count). The molecule has 0 aromatic heterocycles. The van der Waals surface area contributed by atoms with Crippen LogP contribution in [-0.4, -0.2) is 49.8 Å². The molecule has 272 valence electrons. The Bertz CT molecular complexity index is 2000. The largest absolute Gasteiger partial charge is 0.508 e. The van der Waals surface area contributed by atoms with Gasteiger partial charge in [0.1, 0.15) is 5.75 Å². The minimum absolute atomic E-state index is 0.00736. The first kappa shape index (κ1) is 37.0. The number of carbonyl (C=O) groups excluding carboxylic acids is 2. The average molecular weight is 725 g/mol. The molecule has 2 aliphatic carbocycles. The van der Waals surface area contributed by atoms with E-state index in [1.54, 1.807) is 24.3 Å². The third-order valence-corrected chi connectivity index (χ3v) is 16.6. The molecule has 4 aromatic carbocycles. The summed E-state index contributed by atoms with van der Waals surface area (Å²) in [5, 5.41) is 23.5. The fourth-order valence-corrected chi connectivity index (χ4v) is 13.8. The van der Waals surface area contributed by atoms with Gasteiger partial charge < -0.3 is 19.2 Å². The second-order valence-electron chi connectivity index (χ2n) is 15.8. The first-order chi connectivity index (χ1) is 25.5. The van der Waals surface area contributed by atoms with Crippen LogP contribution in [0.3, 0.4) is 0 Å². The van der Waals surface area contributed by atoms with E-state index >= 15 is 0 Å². The molecule has 2 N–H and O–H groups in total. The number of ketones is 2. The number of benzene rings is 4. The van der Waals surface area contributed by atoms with E-state index in [0.717, 1.165) is 23.1 Å². The van der Waals surface area contributed by atoms with Crippen LogP contribution in [0.2, 0.25) is 11.4 Å². The van der Waals surface area contributed by atoms with Gasteiger partial charge in [-0.25, -0.2) is 0 Å². The van der Waals surface area contributed by atoms with Crippen LogP contribution in [0.5, 0.6) is 5.75 Å². The van der Waals surface area contributed by atoms with E-state index in [9.17, 15) is 19.7 Å². The molecule has 6 nitrogen and oxygen atoms in total. The SMILES string of the molecule is CC/C(=C\c1cccc(O)c1)CC[C@H]1OB(O)C[C@H]2C1=C(CO[Si](c1ccccc1)(c1ccccc1)C(C)(C)C)C[C@H]1C(=O)c3ccccc3C(=O)[C@H]12. The van der Waals surface area contributed by atoms with Crippen molar-refractivity contribution in [2.75, 3.05) is 6.61 Å². The fourth-order valence-electron chi connectivity index (χ4n) is 9.28. The lowest BCUT2D eigenvalue weighted by Crippen LogP contribution is -2.66. The van der Waals surface area contributed by atoms with Crippen molar-refractivity contribution in [3.8, 4) is 5.75 Å². The topological polar surface area (TPSA) is 93.1 Å². The Hall–Kier alpha value is -4.34. The lowest BCUT2D eigenvalue weighted by molar-refractivity contribution is 0.0591. The Morgan fingerprint density at radius 2 is 1.49 bits per heavy atom. The highest BCUT2D eigenvalue weighted by atomic mass is 28.4. The van der Waals surface area contributed by atoms with Gasteiger partial charge in [-0.05, 0) is 82.2 Å². The zero-order valence-corrected chi connectivity index (χ0v) is 32.1. The highest BCUT2D eigenvalue weighted by molar-refractivity contribution is 6.99. The maximum atomic E-state index is 14.4. The highest BCUT2D eigenvalue weighted by Gasteiger charge is 2.55. The molecule has 3 aliphatic rings. The van der Waals surface area contributed by atoms with E-state index in [1.165, 1.54) is 15.9 Å². The molecule has 4 aromatic rings. The molecule has 1 fully saturated rings. The first-order valence-corrected chi connectivity index (χ1v) is 20.9. The summed E-state index contributed by atoms with van der Waals surface area (Å²) in [5.74, 6) is -1.27. The van der Waals surface area contributed by atoms with Crippen molar-refractivity contribution in [1.82, 2.24) is 0 Å². The van der Waals surface area contributed by atoms with E-state index in [-0.39, 0.29) is 34.6 Å². The zero-order chi connectivity index (χ0) is 37.3. The van der Waals surface area contributed by atoms with Crippen LogP contribution in [0.25, 0.3) is 6.08 Å². The van der Waals surface area contributed by atoms with Crippen LogP contribution < -0.4 is 10.4 Å². The lowest BCUT2D eigenvalue weighted by atomic mass is 9.54. The van der Waals surface area contributed by atoms with Gasteiger partial charge in [0.05, 0.1) is 12.7 Å². The number of allylic oxidation sites excluding steroid dienone is 1. The lowest BCUT2D eigenvalue weighted by Gasteiger charge is -2.48. The molecule has 0 spiro atoms. The van der Waals surface area contributed by atoms with Gasteiger partial charge in [-0.3, -0.25) is 9.59 Å². The number of Topliss-reactive ketones (excluding diaryl/α,β-unsaturated/α-hetero) is 2. The molecule has 8 heteroatoms. The number of hydrogen-bond acceptors (Lipinski definition) is 6. The Morgan fingerprint density at radius 3 is 2.09 bits per heavy atom. The van der Waals surface area contributed by atoms with Gasteiger partial charge in [-0.15, -0.1) is 0 Å². The summed E-state index contributed by atoms with van der Waals surface area (Å²) in [5.41, 5.74) is 5.11. The molecule has 0 unspecified atom stereocenters. The molecule has 0 saturated carbocycles. The molecule has 0 bridgehead atoms. The highest BCUT2D eigenvalue weighted by Crippen LogP contribution is 2.51. The standard InChI is InChI=1S/C45H49BO6Si/c1-5-30(25-31-15-14-16-33(47)26-31)23-24-40-41-32(29-51-53(45(2,3)4,34-17-8-6-9-18-34)35-19-10-7-11-20-35)27-38-42(39(41)28-46(50)52-40)44(49)37-22-13-12-21-36(37)43(38)48/h6-22,25-26,38-40,42,47,50H,5,23-24,27-29H2,1-4H3/b30-25+/t38-,39+,40-,42-/m1/s1. The predicted octanol–water partition coefficient (Wildman–Crippen LogP) is 8.05. The van der Waals surface area contributed by atoms with E-state index in [4.69, 9.17) is 9.08 Å². The van der Waals surface area contributed by atoms with E-state index in [1.807, 2.05) is 36.4 Å². The van der Waals surface area contributed by atoms with Gasteiger partial charge in [0, 0.05) is 23.0 Å². The monoisotopic (exact) mass is 724 g/mol. The number of hydrogen-bond donors (Lipinski definition) is 2. The van der Waals surface area contributed by atoms with Crippen molar-refractivity contribution in [2.24, 2.45) is 17.8 Å². The minimum atomic E-state index is -2.95. The number of rotatable bonds is 10. The summed E-state index contributed by atoms with van der Waals surface area (Å²) in [7, 11) is -4.02. The van der Waals surface area contributed by atoms with Gasteiger partial charge in [-0.2, -0.15) is 0 Å². The van der Waals surface area contributed by atoms with Crippen molar-refractivity contribution in [2.45, 2.75) is 70.8 Å². The Kier molecular flexibility index (Phi) is 10.6. The number of carbonyl (C=O) groups is 2. The Labute approximate surface area is 314 Å². The first-order valence-electron chi connectivity index (χ1n) is 19.0. The third kappa shape index (κ3) is 7.06. The van der Waals surface area contributed by atoms with Crippen LogP contribution >= 0.6 is 0 Å². The second-order valence-corrected chi connectivity index (χ2v) is 20.1. The average Bonchev–Trinajstić information content (AvgIpc) is 3.15. The van der Waals surface area contributed by atoms with E-state index in [2.05, 4.69) is 82.3 Å².